The minimum Gasteiger partial charge on any atom is -0.496 e. The van der Waals surface area contributed by atoms with E-state index < -0.39 is 0 Å². The Bertz CT molecular complexity index is 1050. The summed E-state index contributed by atoms with van der Waals surface area (Å²) in [5, 5.41) is 5.69. The maximum Gasteiger partial charge on any atom is 0.274 e. The summed E-state index contributed by atoms with van der Waals surface area (Å²) in [5.41, 5.74) is 4.20. The number of aromatic nitrogens is 1. The molecule has 29 heavy (non-hydrogen) atoms. The van der Waals surface area contributed by atoms with Crippen LogP contribution in [0, 0.1) is 13.8 Å². The van der Waals surface area contributed by atoms with Crippen molar-refractivity contribution >= 4 is 17.5 Å². The van der Waals surface area contributed by atoms with Crippen LogP contribution in [-0.4, -0.2) is 23.9 Å². The number of nitrogens with one attached hydrogen (secondary N) is 2. The first kappa shape index (κ1) is 20.1. The minimum atomic E-state index is -0.365. The Morgan fingerprint density at radius 3 is 2.55 bits per heavy atom. The highest BCUT2D eigenvalue weighted by molar-refractivity contribution is 6.05. The zero-order valence-corrected chi connectivity index (χ0v) is 16.7. The van der Waals surface area contributed by atoms with Crippen molar-refractivity contribution in [2.45, 2.75) is 20.4 Å². The fourth-order valence-electron chi connectivity index (χ4n) is 2.96. The van der Waals surface area contributed by atoms with Gasteiger partial charge in [0.2, 0.25) is 0 Å². The van der Waals surface area contributed by atoms with E-state index in [0.717, 1.165) is 16.7 Å². The Hall–Kier alpha value is -3.67. The second kappa shape index (κ2) is 9.01. The SMILES string of the molecule is COc1ccccc1CNC(=O)c1ccnc(C(=O)Nc2ccc(C)cc2C)c1. The molecule has 3 rings (SSSR count). The fourth-order valence-corrected chi connectivity index (χ4v) is 2.96. The molecule has 2 amide bonds. The summed E-state index contributed by atoms with van der Waals surface area (Å²) >= 11 is 0. The van der Waals surface area contributed by atoms with Crippen LogP contribution in [0.4, 0.5) is 5.69 Å². The number of amides is 2. The Morgan fingerprint density at radius 2 is 1.79 bits per heavy atom. The normalized spacial score (nSPS) is 10.3. The number of para-hydroxylation sites is 1. The van der Waals surface area contributed by atoms with Gasteiger partial charge in [-0.05, 0) is 43.7 Å². The molecule has 0 saturated heterocycles. The molecule has 0 fully saturated rings. The van der Waals surface area contributed by atoms with E-state index in [-0.39, 0.29) is 17.5 Å². The van der Waals surface area contributed by atoms with E-state index >= 15 is 0 Å². The molecular formula is C23H23N3O3. The highest BCUT2D eigenvalue weighted by Crippen LogP contribution is 2.18. The standard InChI is InChI=1S/C23H23N3O3/c1-15-8-9-19(16(2)12-15)26-23(28)20-13-17(10-11-24-20)22(27)25-14-18-6-4-5-7-21(18)29-3/h4-13H,14H2,1-3H3,(H,25,27)(H,26,28). The molecule has 0 aliphatic carbocycles. The van der Waals surface area contributed by atoms with E-state index in [1.165, 1.54) is 12.3 Å². The second-order valence-corrected chi connectivity index (χ2v) is 6.70. The number of methoxy groups -OCH3 is 1. The van der Waals surface area contributed by atoms with Crippen molar-refractivity contribution in [3.05, 3.63) is 88.7 Å². The predicted molar refractivity (Wildman–Crippen MR) is 112 cm³/mol. The van der Waals surface area contributed by atoms with Crippen molar-refractivity contribution in [1.29, 1.82) is 0 Å². The van der Waals surface area contributed by atoms with Gasteiger partial charge in [0.1, 0.15) is 11.4 Å². The number of nitrogens with zero attached hydrogens (tertiary/aromatic N) is 1. The Morgan fingerprint density at radius 1 is 1.00 bits per heavy atom. The van der Waals surface area contributed by atoms with Crippen LogP contribution in [0.15, 0.2) is 60.8 Å². The van der Waals surface area contributed by atoms with Crippen molar-refractivity contribution in [2.24, 2.45) is 0 Å². The summed E-state index contributed by atoms with van der Waals surface area (Å²) in [4.78, 5) is 29.2. The number of hydrogen-bond acceptors (Lipinski definition) is 4. The van der Waals surface area contributed by atoms with Crippen LogP contribution in [0.2, 0.25) is 0 Å². The minimum absolute atomic E-state index is 0.176. The molecule has 1 aromatic heterocycles. The van der Waals surface area contributed by atoms with Crippen molar-refractivity contribution in [3.8, 4) is 5.75 Å². The molecular weight excluding hydrogens is 366 g/mol. The molecule has 2 N–H and O–H groups in total. The van der Waals surface area contributed by atoms with Gasteiger partial charge in [0.05, 0.1) is 7.11 Å². The van der Waals surface area contributed by atoms with E-state index in [1.807, 2.05) is 56.3 Å². The molecule has 6 nitrogen and oxygen atoms in total. The third-order valence-electron chi connectivity index (χ3n) is 4.52. The highest BCUT2D eigenvalue weighted by atomic mass is 16.5. The smallest absolute Gasteiger partial charge is 0.274 e. The van der Waals surface area contributed by atoms with E-state index in [0.29, 0.717) is 23.5 Å². The first-order valence-electron chi connectivity index (χ1n) is 9.22. The van der Waals surface area contributed by atoms with Crippen LogP contribution in [0.3, 0.4) is 0 Å². The lowest BCUT2D eigenvalue weighted by Crippen LogP contribution is -2.24. The van der Waals surface area contributed by atoms with Crippen molar-refractivity contribution in [2.75, 3.05) is 12.4 Å². The lowest BCUT2D eigenvalue weighted by molar-refractivity contribution is 0.0950. The van der Waals surface area contributed by atoms with Gasteiger partial charge in [-0.1, -0.05) is 35.9 Å². The van der Waals surface area contributed by atoms with E-state index in [2.05, 4.69) is 15.6 Å². The van der Waals surface area contributed by atoms with Crippen LogP contribution < -0.4 is 15.4 Å². The van der Waals surface area contributed by atoms with Crippen molar-refractivity contribution < 1.29 is 14.3 Å². The summed E-state index contributed by atoms with van der Waals surface area (Å²) < 4.78 is 5.29. The third kappa shape index (κ3) is 4.99. The summed E-state index contributed by atoms with van der Waals surface area (Å²) in [6, 6.07) is 16.3. The van der Waals surface area contributed by atoms with Gasteiger partial charge in [0, 0.05) is 29.6 Å². The number of aryl methyl sites for hydroxylation is 2. The van der Waals surface area contributed by atoms with Crippen molar-refractivity contribution in [3.63, 3.8) is 0 Å². The maximum atomic E-state index is 12.6. The molecule has 148 valence electrons. The molecule has 0 spiro atoms. The fraction of sp³-hybridized carbons (Fsp3) is 0.174. The largest absolute Gasteiger partial charge is 0.496 e. The number of ether oxygens (including phenoxy) is 1. The molecule has 0 unspecified atom stereocenters. The summed E-state index contributed by atoms with van der Waals surface area (Å²) in [7, 11) is 1.59. The first-order valence-corrected chi connectivity index (χ1v) is 9.22. The molecule has 0 radical (unpaired) electrons. The molecule has 0 aliphatic heterocycles. The Kier molecular flexibility index (Phi) is 6.24. The highest BCUT2D eigenvalue weighted by Gasteiger charge is 2.13. The number of carbonyl (C=O) groups is 2. The Balaban J connectivity index is 1.69. The maximum absolute atomic E-state index is 12.6. The average Bonchev–Trinajstić information content (AvgIpc) is 2.74. The third-order valence-corrected chi connectivity index (χ3v) is 4.52. The number of pyridine rings is 1. The zero-order valence-electron chi connectivity index (χ0n) is 16.7. The second-order valence-electron chi connectivity index (χ2n) is 6.70. The lowest BCUT2D eigenvalue weighted by atomic mass is 10.1. The lowest BCUT2D eigenvalue weighted by Gasteiger charge is -2.11. The molecule has 3 aromatic rings. The molecule has 0 bridgehead atoms. The van der Waals surface area contributed by atoms with Crippen LogP contribution >= 0.6 is 0 Å². The topological polar surface area (TPSA) is 80.3 Å². The number of benzene rings is 2. The zero-order chi connectivity index (χ0) is 20.8. The summed E-state index contributed by atoms with van der Waals surface area (Å²) in [6.07, 6.45) is 1.45. The van der Waals surface area contributed by atoms with Gasteiger partial charge < -0.3 is 15.4 Å². The van der Waals surface area contributed by atoms with E-state index in [9.17, 15) is 9.59 Å². The number of hydrogen-bond donors (Lipinski definition) is 2. The quantitative estimate of drug-likeness (QED) is 0.670. The van der Waals surface area contributed by atoms with Gasteiger partial charge in [-0.15, -0.1) is 0 Å². The number of anilines is 1. The predicted octanol–water partition coefficient (Wildman–Crippen LogP) is 3.89. The van der Waals surface area contributed by atoms with Crippen molar-refractivity contribution in [1.82, 2.24) is 10.3 Å². The molecule has 6 heteroatoms. The van der Waals surface area contributed by atoms with Gasteiger partial charge >= 0.3 is 0 Å². The molecule has 0 atom stereocenters. The van der Waals surface area contributed by atoms with Crippen LogP contribution in [0.5, 0.6) is 5.75 Å². The average molecular weight is 389 g/mol. The summed E-state index contributed by atoms with van der Waals surface area (Å²) in [5.74, 6) is 0.0475. The van der Waals surface area contributed by atoms with Crippen LogP contribution in [-0.2, 0) is 6.54 Å². The molecule has 0 aliphatic rings. The van der Waals surface area contributed by atoms with Gasteiger partial charge in [0.25, 0.3) is 11.8 Å². The number of carbonyl (C=O) groups excluding carboxylic acids is 2. The van der Waals surface area contributed by atoms with Crippen LogP contribution in [0.1, 0.15) is 37.5 Å². The summed E-state index contributed by atoms with van der Waals surface area (Å²) in [6.45, 7) is 4.24. The van der Waals surface area contributed by atoms with Gasteiger partial charge in [-0.2, -0.15) is 0 Å². The first-order chi connectivity index (χ1) is 14.0. The molecule has 0 saturated carbocycles. The van der Waals surface area contributed by atoms with Gasteiger partial charge in [0.15, 0.2) is 0 Å². The monoisotopic (exact) mass is 389 g/mol. The molecule has 1 heterocycles. The Labute approximate surface area is 169 Å². The van der Waals surface area contributed by atoms with Gasteiger partial charge in [-0.25, -0.2) is 0 Å². The molecule has 2 aromatic carbocycles. The van der Waals surface area contributed by atoms with E-state index in [1.54, 1.807) is 13.2 Å². The van der Waals surface area contributed by atoms with Crippen LogP contribution in [0.25, 0.3) is 0 Å². The van der Waals surface area contributed by atoms with E-state index in [4.69, 9.17) is 4.74 Å². The number of rotatable bonds is 6. The van der Waals surface area contributed by atoms with Gasteiger partial charge in [-0.3, -0.25) is 14.6 Å².